The summed E-state index contributed by atoms with van der Waals surface area (Å²) in [6.45, 7) is 7.82. The van der Waals surface area contributed by atoms with E-state index in [1.54, 1.807) is 6.07 Å². The third-order valence-corrected chi connectivity index (χ3v) is 4.23. The van der Waals surface area contributed by atoms with Crippen molar-refractivity contribution in [3.63, 3.8) is 0 Å². The molecule has 0 fully saturated rings. The second kappa shape index (κ2) is 6.54. The summed E-state index contributed by atoms with van der Waals surface area (Å²) in [6.07, 6.45) is 0.507. The standard InChI is InChI=1S/C18H23NO4/c1-10(2)13-8-14-16(12(4)21)11(3)19(6-5-7-20)17(14)15(9-13)18(22)23/h8-10,20H,5-7H2,1-4H3,(H,22,23). The number of carboxylic acid groups (broad SMARTS) is 1. The minimum absolute atomic E-state index is 0.0149. The maximum Gasteiger partial charge on any atom is 0.337 e. The summed E-state index contributed by atoms with van der Waals surface area (Å²) in [5.41, 5.74) is 3.00. The van der Waals surface area contributed by atoms with Gasteiger partial charge < -0.3 is 14.8 Å². The first-order chi connectivity index (χ1) is 10.8. The third-order valence-electron chi connectivity index (χ3n) is 4.23. The molecule has 0 bridgehead atoms. The van der Waals surface area contributed by atoms with Crippen LogP contribution in [0, 0.1) is 6.92 Å². The molecule has 2 N–H and O–H groups in total. The molecule has 0 aliphatic carbocycles. The molecule has 0 saturated carbocycles. The molecule has 0 aliphatic rings. The first-order valence-electron chi connectivity index (χ1n) is 7.81. The number of aromatic carboxylic acids is 1. The summed E-state index contributed by atoms with van der Waals surface area (Å²) in [5.74, 6) is -0.916. The molecule has 2 rings (SSSR count). The molecule has 0 atom stereocenters. The number of Topliss-reactive ketones (excluding diaryl/α,β-unsaturated/α-hetero) is 1. The van der Waals surface area contributed by atoms with Crippen molar-refractivity contribution in [1.29, 1.82) is 0 Å². The Morgan fingerprint density at radius 1 is 1.26 bits per heavy atom. The predicted octanol–water partition coefficient (Wildman–Crippen LogP) is 3.36. The van der Waals surface area contributed by atoms with Crippen molar-refractivity contribution in [2.75, 3.05) is 6.61 Å². The quantitative estimate of drug-likeness (QED) is 0.801. The molecule has 0 spiro atoms. The normalized spacial score (nSPS) is 11.4. The van der Waals surface area contributed by atoms with E-state index in [2.05, 4.69) is 0 Å². The number of carbonyl (C=O) groups excluding carboxylic acids is 1. The minimum atomic E-state index is -1.00. The number of aliphatic hydroxyl groups excluding tert-OH is 1. The zero-order chi connectivity index (χ0) is 17.3. The largest absolute Gasteiger partial charge is 0.478 e. The van der Waals surface area contributed by atoms with Gasteiger partial charge in [-0.05, 0) is 43.9 Å². The summed E-state index contributed by atoms with van der Waals surface area (Å²) in [7, 11) is 0. The molecule has 124 valence electrons. The second-order valence-electron chi connectivity index (χ2n) is 6.17. The van der Waals surface area contributed by atoms with Gasteiger partial charge in [0.05, 0.1) is 11.1 Å². The average molecular weight is 317 g/mol. The Bertz CT molecular complexity index is 771. The van der Waals surface area contributed by atoms with Gasteiger partial charge >= 0.3 is 5.97 Å². The summed E-state index contributed by atoms with van der Waals surface area (Å²) in [5, 5.41) is 19.4. The van der Waals surface area contributed by atoms with Crippen LogP contribution in [0.5, 0.6) is 0 Å². The number of aromatic nitrogens is 1. The Labute approximate surface area is 135 Å². The Balaban J connectivity index is 2.92. The molecule has 5 nitrogen and oxygen atoms in total. The summed E-state index contributed by atoms with van der Waals surface area (Å²) in [4.78, 5) is 23.9. The van der Waals surface area contributed by atoms with Gasteiger partial charge in [-0.25, -0.2) is 4.79 Å². The zero-order valence-electron chi connectivity index (χ0n) is 14.0. The molecule has 5 heteroatoms. The smallest absolute Gasteiger partial charge is 0.337 e. The van der Waals surface area contributed by atoms with Crippen molar-refractivity contribution in [3.05, 3.63) is 34.5 Å². The van der Waals surface area contributed by atoms with Crippen molar-refractivity contribution in [3.8, 4) is 0 Å². The van der Waals surface area contributed by atoms with Gasteiger partial charge in [-0.15, -0.1) is 0 Å². The van der Waals surface area contributed by atoms with Crippen molar-refractivity contribution < 1.29 is 19.8 Å². The van der Waals surface area contributed by atoms with Crippen LogP contribution < -0.4 is 0 Å². The van der Waals surface area contributed by atoms with Crippen LogP contribution in [0.1, 0.15) is 65.1 Å². The lowest BCUT2D eigenvalue weighted by atomic mass is 9.96. The van der Waals surface area contributed by atoms with Crippen LogP contribution >= 0.6 is 0 Å². The van der Waals surface area contributed by atoms with Crippen molar-refractivity contribution in [2.45, 2.75) is 46.6 Å². The van der Waals surface area contributed by atoms with Crippen LogP contribution in [0.4, 0.5) is 0 Å². The molecule has 1 heterocycles. The number of ketones is 1. The molecular formula is C18H23NO4. The molecule has 23 heavy (non-hydrogen) atoms. The predicted molar refractivity (Wildman–Crippen MR) is 89.4 cm³/mol. The summed E-state index contributed by atoms with van der Waals surface area (Å²) in [6, 6.07) is 3.61. The number of fused-ring (bicyclic) bond motifs is 1. The fourth-order valence-corrected chi connectivity index (χ4v) is 3.08. The molecule has 1 aromatic carbocycles. The van der Waals surface area contributed by atoms with E-state index in [-0.39, 0.29) is 23.9 Å². The van der Waals surface area contributed by atoms with Crippen LogP contribution in [0.15, 0.2) is 12.1 Å². The van der Waals surface area contributed by atoms with Gasteiger partial charge in [-0.3, -0.25) is 4.79 Å². The van der Waals surface area contributed by atoms with E-state index in [0.29, 0.717) is 29.4 Å². The topological polar surface area (TPSA) is 79.5 Å². The lowest BCUT2D eigenvalue weighted by Gasteiger charge is -2.12. The van der Waals surface area contributed by atoms with Crippen LogP contribution in [-0.4, -0.2) is 33.1 Å². The van der Waals surface area contributed by atoms with Crippen LogP contribution in [-0.2, 0) is 6.54 Å². The van der Waals surface area contributed by atoms with Gasteiger partial charge in [-0.1, -0.05) is 13.8 Å². The van der Waals surface area contributed by atoms with Crippen LogP contribution in [0.2, 0.25) is 0 Å². The number of nitrogens with zero attached hydrogens (tertiary/aromatic N) is 1. The maximum absolute atomic E-state index is 12.1. The fraction of sp³-hybridized carbons (Fsp3) is 0.444. The van der Waals surface area contributed by atoms with E-state index in [4.69, 9.17) is 5.11 Å². The maximum atomic E-state index is 12.1. The second-order valence-corrected chi connectivity index (χ2v) is 6.17. The molecule has 0 radical (unpaired) electrons. The monoisotopic (exact) mass is 317 g/mol. The van der Waals surface area contributed by atoms with E-state index in [9.17, 15) is 14.7 Å². The highest BCUT2D eigenvalue weighted by atomic mass is 16.4. The van der Waals surface area contributed by atoms with E-state index in [0.717, 1.165) is 11.3 Å². The van der Waals surface area contributed by atoms with Gasteiger partial charge in [-0.2, -0.15) is 0 Å². The van der Waals surface area contributed by atoms with Crippen LogP contribution in [0.25, 0.3) is 10.9 Å². The highest BCUT2D eigenvalue weighted by molar-refractivity contribution is 6.13. The van der Waals surface area contributed by atoms with Gasteiger partial charge in [0.1, 0.15) is 0 Å². The third kappa shape index (κ3) is 3.01. The highest BCUT2D eigenvalue weighted by Crippen LogP contribution is 2.33. The average Bonchev–Trinajstić information content (AvgIpc) is 2.75. The summed E-state index contributed by atoms with van der Waals surface area (Å²) >= 11 is 0. The van der Waals surface area contributed by atoms with E-state index in [1.165, 1.54) is 6.92 Å². The van der Waals surface area contributed by atoms with E-state index < -0.39 is 5.97 Å². The number of hydrogen-bond acceptors (Lipinski definition) is 3. The number of rotatable bonds is 6. The van der Waals surface area contributed by atoms with Crippen molar-refractivity contribution in [1.82, 2.24) is 4.57 Å². The van der Waals surface area contributed by atoms with E-state index >= 15 is 0 Å². The fourth-order valence-electron chi connectivity index (χ4n) is 3.08. The minimum Gasteiger partial charge on any atom is -0.478 e. The lowest BCUT2D eigenvalue weighted by Crippen LogP contribution is -2.07. The Morgan fingerprint density at radius 3 is 2.39 bits per heavy atom. The Kier molecular flexibility index (Phi) is 4.90. The molecule has 0 unspecified atom stereocenters. The van der Waals surface area contributed by atoms with Gasteiger partial charge in [0.2, 0.25) is 0 Å². The number of carbonyl (C=O) groups is 2. The molecule has 1 aromatic heterocycles. The van der Waals surface area contributed by atoms with Crippen LogP contribution in [0.3, 0.4) is 0 Å². The molecular weight excluding hydrogens is 294 g/mol. The number of benzene rings is 1. The first-order valence-corrected chi connectivity index (χ1v) is 7.81. The Hall–Kier alpha value is -2.14. The molecule has 2 aromatic rings. The zero-order valence-corrected chi connectivity index (χ0v) is 14.0. The van der Waals surface area contributed by atoms with Gasteiger partial charge in [0.25, 0.3) is 0 Å². The molecule has 0 aliphatic heterocycles. The van der Waals surface area contributed by atoms with E-state index in [1.807, 2.05) is 31.4 Å². The number of aliphatic hydroxyl groups is 1. The van der Waals surface area contributed by atoms with Gasteiger partial charge in [0, 0.05) is 29.8 Å². The SMILES string of the molecule is CC(=O)c1c(C)n(CCCO)c2c(C(=O)O)cc(C(C)C)cc12. The Morgan fingerprint density at radius 2 is 1.91 bits per heavy atom. The van der Waals surface area contributed by atoms with Crippen molar-refractivity contribution in [2.24, 2.45) is 0 Å². The summed E-state index contributed by atoms with van der Waals surface area (Å²) < 4.78 is 1.84. The number of aryl methyl sites for hydroxylation is 1. The molecule has 0 saturated heterocycles. The van der Waals surface area contributed by atoms with Gasteiger partial charge in [0.15, 0.2) is 5.78 Å². The number of carboxylic acids is 1. The number of hydrogen-bond donors (Lipinski definition) is 2. The first kappa shape index (κ1) is 17.2. The highest BCUT2D eigenvalue weighted by Gasteiger charge is 2.23. The lowest BCUT2D eigenvalue weighted by molar-refractivity contribution is 0.0698. The molecule has 0 amide bonds. The van der Waals surface area contributed by atoms with Crippen molar-refractivity contribution >= 4 is 22.7 Å².